The summed E-state index contributed by atoms with van der Waals surface area (Å²) in [5.41, 5.74) is 3.97. The van der Waals surface area contributed by atoms with Gasteiger partial charge in [-0.05, 0) is 82.9 Å². The lowest BCUT2D eigenvalue weighted by Crippen LogP contribution is -2.43. The largest absolute Gasteiger partial charge is 0.497 e. The zero-order valence-corrected chi connectivity index (χ0v) is 29.9. The van der Waals surface area contributed by atoms with Crippen molar-refractivity contribution in [2.24, 2.45) is 0 Å². The van der Waals surface area contributed by atoms with Gasteiger partial charge in [0.15, 0.2) is 0 Å². The van der Waals surface area contributed by atoms with Crippen LogP contribution in [-0.4, -0.2) is 88.8 Å². The maximum absolute atomic E-state index is 13.5. The SMILES string of the molecule is CC.CC.CCN1CCCN(C)CCCCC2=CCc3c(cc(OC)cc3OC)CN2C1=O.COc1ccc(OC)c(NC=O)c1. The number of urea groups is 1. The molecule has 0 aliphatic carbocycles. The summed E-state index contributed by atoms with van der Waals surface area (Å²) in [6.45, 7) is 14.3. The van der Waals surface area contributed by atoms with Gasteiger partial charge < -0.3 is 34.1 Å². The van der Waals surface area contributed by atoms with Gasteiger partial charge in [0.25, 0.3) is 0 Å². The number of carbonyl (C=O) groups excluding carboxylic acids is 2. The van der Waals surface area contributed by atoms with E-state index in [1.54, 1.807) is 39.5 Å². The highest BCUT2D eigenvalue weighted by Crippen LogP contribution is 2.34. The van der Waals surface area contributed by atoms with Gasteiger partial charge in [0.2, 0.25) is 6.41 Å². The maximum Gasteiger partial charge on any atom is 0.324 e. The summed E-state index contributed by atoms with van der Waals surface area (Å²) in [4.78, 5) is 30.1. The number of hydrogen-bond donors (Lipinski definition) is 1. The molecule has 2 heterocycles. The van der Waals surface area contributed by atoms with Gasteiger partial charge in [0.05, 0.1) is 40.7 Å². The zero-order valence-electron chi connectivity index (χ0n) is 29.9. The van der Waals surface area contributed by atoms with Crippen LogP contribution in [0.15, 0.2) is 42.1 Å². The molecule has 2 aromatic rings. The van der Waals surface area contributed by atoms with Crippen LogP contribution in [0.25, 0.3) is 0 Å². The summed E-state index contributed by atoms with van der Waals surface area (Å²) in [5, 5.41) is 2.52. The van der Waals surface area contributed by atoms with Gasteiger partial charge in [-0.15, -0.1) is 0 Å². The number of hydrogen-bond acceptors (Lipinski definition) is 7. The van der Waals surface area contributed by atoms with Gasteiger partial charge in [0.1, 0.15) is 23.0 Å². The normalized spacial score (nSPS) is 15.0. The summed E-state index contributed by atoms with van der Waals surface area (Å²) in [6, 6.07) is 9.26. The Balaban J connectivity index is 0.000000520. The standard InChI is InChI=1S/C23H35N3O3.C9H11NO3.2C2H6/c1-5-25-14-8-13-24(2)12-7-6-9-19-10-11-21-18(17-26(19)23(25)27)15-20(28-3)16-22(21)29-4;1-12-7-3-4-9(13-2)8(5-7)10-6-11;2*1-2/h10,15-16H,5-9,11-14,17H2,1-4H3;3-6H,1-2H3,(H,10,11);2*1-2H3. The van der Waals surface area contributed by atoms with E-state index >= 15 is 0 Å². The molecule has 10 nitrogen and oxygen atoms in total. The second-order valence-electron chi connectivity index (χ2n) is 10.3. The summed E-state index contributed by atoms with van der Waals surface area (Å²) >= 11 is 0. The third kappa shape index (κ3) is 11.8. The molecule has 2 aliphatic rings. The highest BCUT2D eigenvalue weighted by atomic mass is 16.5. The van der Waals surface area contributed by atoms with E-state index in [-0.39, 0.29) is 6.03 Å². The van der Waals surface area contributed by atoms with E-state index in [1.165, 1.54) is 7.11 Å². The molecule has 3 amide bonds. The Morgan fingerprint density at radius 1 is 0.826 bits per heavy atom. The first kappa shape index (κ1) is 40.1. The maximum atomic E-state index is 13.5. The van der Waals surface area contributed by atoms with Gasteiger partial charge in [-0.2, -0.15) is 0 Å². The highest BCUT2D eigenvalue weighted by molar-refractivity contribution is 5.77. The van der Waals surface area contributed by atoms with Crippen LogP contribution in [0.4, 0.5) is 10.5 Å². The van der Waals surface area contributed by atoms with Crippen molar-refractivity contribution in [2.45, 2.75) is 73.3 Å². The first-order valence-electron chi connectivity index (χ1n) is 16.5. The first-order valence-corrected chi connectivity index (χ1v) is 16.5. The van der Waals surface area contributed by atoms with Crippen molar-refractivity contribution in [3.8, 4) is 23.0 Å². The smallest absolute Gasteiger partial charge is 0.324 e. The quantitative estimate of drug-likeness (QED) is 0.319. The lowest BCUT2D eigenvalue weighted by Gasteiger charge is -2.32. The first-order chi connectivity index (χ1) is 22.4. The topological polar surface area (TPSA) is 92.8 Å². The van der Waals surface area contributed by atoms with E-state index < -0.39 is 0 Å². The molecule has 4 rings (SSSR count). The van der Waals surface area contributed by atoms with Crippen molar-refractivity contribution in [1.82, 2.24) is 14.7 Å². The van der Waals surface area contributed by atoms with Crippen LogP contribution in [0.3, 0.4) is 0 Å². The number of nitrogens with one attached hydrogen (secondary N) is 1. The number of anilines is 1. The van der Waals surface area contributed by atoms with Crippen LogP contribution in [-0.2, 0) is 17.8 Å². The summed E-state index contributed by atoms with van der Waals surface area (Å²) in [6.07, 6.45) is 7.75. The Hall–Kier alpha value is -3.92. The Kier molecular flexibility index (Phi) is 19.7. The van der Waals surface area contributed by atoms with E-state index in [1.807, 2.05) is 49.6 Å². The van der Waals surface area contributed by atoms with Crippen molar-refractivity contribution >= 4 is 18.1 Å². The summed E-state index contributed by atoms with van der Waals surface area (Å²) in [7, 11) is 8.64. The number of methoxy groups -OCH3 is 4. The summed E-state index contributed by atoms with van der Waals surface area (Å²) in [5.74, 6) is 2.87. The lowest BCUT2D eigenvalue weighted by molar-refractivity contribution is -0.105. The molecule has 1 N–H and O–H groups in total. The predicted octanol–water partition coefficient (Wildman–Crippen LogP) is 7.22. The Morgan fingerprint density at radius 3 is 2.11 bits per heavy atom. The fourth-order valence-electron chi connectivity index (χ4n) is 5.26. The Labute approximate surface area is 277 Å². The molecule has 0 spiro atoms. The third-order valence-corrected chi connectivity index (χ3v) is 7.64. The molecule has 1 saturated heterocycles. The van der Waals surface area contributed by atoms with E-state index in [0.29, 0.717) is 30.1 Å². The van der Waals surface area contributed by atoms with Crippen molar-refractivity contribution in [3.63, 3.8) is 0 Å². The molecule has 0 aromatic heterocycles. The van der Waals surface area contributed by atoms with Crippen LogP contribution in [0.2, 0.25) is 0 Å². The number of nitrogens with zero attached hydrogens (tertiary/aromatic N) is 3. The fourth-order valence-corrected chi connectivity index (χ4v) is 5.26. The van der Waals surface area contributed by atoms with Crippen molar-refractivity contribution in [2.75, 3.05) is 67.0 Å². The van der Waals surface area contributed by atoms with Crippen LogP contribution < -0.4 is 24.3 Å². The number of fused-ring (bicyclic) bond motifs is 2. The fraction of sp³-hybridized carbons (Fsp3) is 0.556. The van der Waals surface area contributed by atoms with Crippen LogP contribution in [0.5, 0.6) is 23.0 Å². The second-order valence-corrected chi connectivity index (χ2v) is 10.3. The van der Waals surface area contributed by atoms with E-state index in [0.717, 1.165) is 86.6 Å². The number of allylic oxidation sites excluding steroid dienone is 2. The van der Waals surface area contributed by atoms with Gasteiger partial charge >= 0.3 is 6.03 Å². The number of carbonyl (C=O) groups is 2. The van der Waals surface area contributed by atoms with Gasteiger partial charge in [-0.25, -0.2) is 4.79 Å². The molecule has 0 unspecified atom stereocenters. The second kappa shape index (κ2) is 22.6. The van der Waals surface area contributed by atoms with E-state index in [9.17, 15) is 9.59 Å². The molecule has 0 atom stereocenters. The van der Waals surface area contributed by atoms with E-state index in [4.69, 9.17) is 18.9 Å². The molecule has 2 aromatic carbocycles. The molecule has 1 fully saturated rings. The average molecular weight is 643 g/mol. The molecular formula is C36H58N4O6. The third-order valence-electron chi connectivity index (χ3n) is 7.64. The number of rotatable bonds is 7. The minimum absolute atomic E-state index is 0.108. The Bertz CT molecular complexity index is 1220. The predicted molar refractivity (Wildman–Crippen MR) is 187 cm³/mol. The van der Waals surface area contributed by atoms with Gasteiger partial charge in [0, 0.05) is 36.5 Å². The molecule has 10 heteroatoms. The molecule has 258 valence electrons. The van der Waals surface area contributed by atoms with Crippen molar-refractivity contribution < 1.29 is 28.5 Å². The van der Waals surface area contributed by atoms with E-state index in [2.05, 4.69) is 30.3 Å². The lowest BCUT2D eigenvalue weighted by atomic mass is 10.0. The highest BCUT2D eigenvalue weighted by Gasteiger charge is 2.27. The molecule has 46 heavy (non-hydrogen) atoms. The minimum atomic E-state index is 0.108. The van der Waals surface area contributed by atoms with Gasteiger partial charge in [-0.1, -0.05) is 33.8 Å². The Morgan fingerprint density at radius 2 is 1.50 bits per heavy atom. The molecular weight excluding hydrogens is 584 g/mol. The van der Waals surface area contributed by atoms with Crippen LogP contribution in [0.1, 0.15) is 71.4 Å². The van der Waals surface area contributed by atoms with Gasteiger partial charge in [-0.3, -0.25) is 9.69 Å². The number of ether oxygens (including phenoxy) is 4. The van der Waals surface area contributed by atoms with Crippen molar-refractivity contribution in [3.05, 3.63) is 53.2 Å². The molecule has 2 aliphatic heterocycles. The average Bonchev–Trinajstić information content (AvgIpc) is 3.29. The molecule has 0 radical (unpaired) electrons. The monoisotopic (exact) mass is 642 g/mol. The number of benzene rings is 2. The number of amides is 3. The zero-order chi connectivity index (χ0) is 34.5. The van der Waals surface area contributed by atoms with Crippen LogP contribution in [0, 0.1) is 0 Å². The minimum Gasteiger partial charge on any atom is -0.497 e. The van der Waals surface area contributed by atoms with Crippen molar-refractivity contribution in [1.29, 1.82) is 0 Å². The summed E-state index contributed by atoms with van der Waals surface area (Å²) < 4.78 is 21.1. The molecule has 0 bridgehead atoms. The molecule has 0 saturated carbocycles. The van der Waals surface area contributed by atoms with Crippen LogP contribution >= 0.6 is 0 Å².